The largest absolute Gasteiger partial charge is 0.647 e. The number of nitrogens with one attached hydrogen (secondary N) is 2. The van der Waals surface area contributed by atoms with Crippen molar-refractivity contribution in [3.63, 3.8) is 0 Å². The average molecular weight is 623 g/mol. The van der Waals surface area contributed by atoms with Crippen LogP contribution in [0, 0.1) is 10.1 Å². The topological polar surface area (TPSA) is 154 Å². The monoisotopic (exact) mass is 622 g/mol. The first kappa shape index (κ1) is 29.7. The van der Waals surface area contributed by atoms with Gasteiger partial charge in [-0.3, -0.25) is 19.6 Å². The maximum Gasteiger partial charge on any atom is 0.647 e. The number of carbonyl (C=O) groups excluding carboxylic acids is 1. The summed E-state index contributed by atoms with van der Waals surface area (Å²) in [6.07, 6.45) is 7.79. The van der Waals surface area contributed by atoms with Gasteiger partial charge in [-0.25, -0.2) is 0 Å². The molecule has 232 valence electrons. The first-order chi connectivity index (χ1) is 21.1. The normalized spacial score (nSPS) is 17.0. The number of phosphoric ester groups is 1. The Morgan fingerprint density at radius 2 is 1.95 bits per heavy atom. The summed E-state index contributed by atoms with van der Waals surface area (Å²) in [6, 6.07) is 6.71. The van der Waals surface area contributed by atoms with Crippen molar-refractivity contribution in [2.45, 2.75) is 58.9 Å². The molecule has 44 heavy (non-hydrogen) atoms. The maximum absolute atomic E-state index is 13.4. The van der Waals surface area contributed by atoms with Crippen molar-refractivity contribution in [2.24, 2.45) is 0 Å². The number of carbonyl (C=O) groups is 1. The molecule has 2 unspecified atom stereocenters. The second-order valence-electron chi connectivity index (χ2n) is 11.4. The molecule has 13 nitrogen and oxygen atoms in total. The van der Waals surface area contributed by atoms with E-state index in [0.717, 1.165) is 56.2 Å². The fourth-order valence-corrected chi connectivity index (χ4v) is 6.94. The highest BCUT2D eigenvalue weighted by Gasteiger charge is 2.55. The number of amides is 1. The van der Waals surface area contributed by atoms with E-state index in [9.17, 15) is 19.5 Å². The molecule has 0 radical (unpaired) electrons. The van der Waals surface area contributed by atoms with Gasteiger partial charge < -0.3 is 28.8 Å². The van der Waals surface area contributed by atoms with Crippen LogP contribution < -0.4 is 18.9 Å². The summed E-state index contributed by atoms with van der Waals surface area (Å²) in [5, 5.41) is 20.1. The SMILES string of the molecule is CCCn1cc(CCN(C)CCc2c(C(C)CC)[nH]c3ccc(NC(=O)c4cc5c6c(c4[N+](=O)[O-])OP(=O)(O5)O6)cc23)cn1. The van der Waals surface area contributed by atoms with E-state index >= 15 is 0 Å². The highest BCUT2D eigenvalue weighted by molar-refractivity contribution is 7.50. The zero-order chi connectivity index (χ0) is 31.2. The third-order valence-electron chi connectivity index (χ3n) is 8.19. The number of aryl methyl sites for hydroxylation is 1. The van der Waals surface area contributed by atoms with Gasteiger partial charge in [0.15, 0.2) is 5.75 Å². The molecule has 2 aromatic heterocycles. The number of nitro groups is 1. The molecular weight excluding hydrogens is 587 g/mol. The minimum atomic E-state index is -3.96. The number of nitrogens with zero attached hydrogens (tertiary/aromatic N) is 4. The van der Waals surface area contributed by atoms with Crippen molar-refractivity contribution in [2.75, 3.05) is 25.5 Å². The van der Waals surface area contributed by atoms with Gasteiger partial charge in [-0.15, -0.1) is 0 Å². The quantitative estimate of drug-likeness (QED) is 0.0974. The first-order valence-corrected chi connectivity index (χ1v) is 16.2. The second-order valence-corrected chi connectivity index (χ2v) is 12.8. The number of nitro benzene ring substituents is 1. The lowest BCUT2D eigenvalue weighted by Crippen LogP contribution is -2.24. The molecule has 2 N–H and O–H groups in total. The summed E-state index contributed by atoms with van der Waals surface area (Å²) < 4.78 is 29.6. The Balaban J connectivity index is 1.22. The molecule has 4 aromatic rings. The van der Waals surface area contributed by atoms with Crippen molar-refractivity contribution in [1.82, 2.24) is 19.7 Å². The lowest BCUT2D eigenvalue weighted by Gasteiger charge is -2.18. The van der Waals surface area contributed by atoms with Gasteiger partial charge in [0.05, 0.1) is 11.1 Å². The summed E-state index contributed by atoms with van der Waals surface area (Å²) in [6.45, 7) is 9.14. The van der Waals surface area contributed by atoms with Crippen molar-refractivity contribution >= 4 is 36.0 Å². The minimum Gasteiger partial charge on any atom is -0.382 e. The Bertz CT molecular complexity index is 1810. The summed E-state index contributed by atoms with van der Waals surface area (Å²) in [7, 11) is -1.84. The Kier molecular flexibility index (Phi) is 7.85. The van der Waals surface area contributed by atoms with E-state index in [2.05, 4.69) is 54.3 Å². The Morgan fingerprint density at radius 1 is 1.18 bits per heavy atom. The number of phosphoric acid groups is 1. The zero-order valence-electron chi connectivity index (χ0n) is 25.1. The number of H-pyrrole nitrogens is 1. The van der Waals surface area contributed by atoms with Crippen LogP contribution in [0.5, 0.6) is 17.2 Å². The van der Waals surface area contributed by atoms with E-state index in [0.29, 0.717) is 11.6 Å². The van der Waals surface area contributed by atoms with Gasteiger partial charge in [0.25, 0.3) is 11.7 Å². The van der Waals surface area contributed by atoms with E-state index < -0.39 is 24.3 Å². The molecular formula is C30H35N6O7P. The molecule has 2 aromatic carbocycles. The molecule has 0 saturated heterocycles. The highest BCUT2D eigenvalue weighted by atomic mass is 31.2. The second kappa shape index (κ2) is 11.6. The van der Waals surface area contributed by atoms with Crippen LogP contribution in [0.1, 0.15) is 66.7 Å². The van der Waals surface area contributed by atoms with Gasteiger partial charge in [-0.2, -0.15) is 9.66 Å². The number of aromatic nitrogens is 3. The number of anilines is 1. The summed E-state index contributed by atoms with van der Waals surface area (Å²) in [4.78, 5) is 30.4. The van der Waals surface area contributed by atoms with Gasteiger partial charge in [-0.1, -0.05) is 20.8 Å². The van der Waals surface area contributed by atoms with E-state index in [1.165, 1.54) is 22.9 Å². The highest BCUT2D eigenvalue weighted by Crippen LogP contribution is 2.71. The van der Waals surface area contributed by atoms with E-state index in [1.807, 2.05) is 23.0 Å². The fraction of sp³-hybridized carbons (Fsp3) is 0.400. The molecule has 0 fully saturated rings. The molecule has 14 heteroatoms. The number of likely N-dealkylation sites (N-methyl/N-ethyl adjacent to an activating group) is 1. The molecule has 0 saturated carbocycles. The molecule has 6 rings (SSSR count). The minimum absolute atomic E-state index is 0.0224. The average Bonchev–Trinajstić information content (AvgIpc) is 3.75. The van der Waals surface area contributed by atoms with Gasteiger partial charge in [0.1, 0.15) is 5.56 Å². The first-order valence-electron chi connectivity index (χ1n) is 14.8. The summed E-state index contributed by atoms with van der Waals surface area (Å²) >= 11 is 0. The standard InChI is InChI=1S/C30H35N6O7P/c1-5-11-35-17-19(16-31-35)9-12-34(4)13-10-21-22-14-20(7-8-24(22)33-26(21)18(3)6-2)32-30(37)23-15-25-28-29(27(23)36(38)39)43-44(40,41-25)42-28/h7-8,14-18,33H,5-6,9-13H2,1-4H3,(H,32,37). The Labute approximate surface area is 254 Å². The van der Waals surface area contributed by atoms with Crippen LogP contribution in [0.4, 0.5) is 11.4 Å². The Hall–Kier alpha value is -4.35. The molecule has 2 atom stereocenters. The predicted octanol–water partition coefficient (Wildman–Crippen LogP) is 6.44. The molecule has 2 bridgehead atoms. The summed E-state index contributed by atoms with van der Waals surface area (Å²) in [5.74, 6) is -0.916. The lowest BCUT2D eigenvalue weighted by atomic mass is 9.97. The van der Waals surface area contributed by atoms with Crippen LogP contribution >= 0.6 is 7.82 Å². The van der Waals surface area contributed by atoms with Gasteiger partial charge in [-0.05, 0) is 68.0 Å². The molecule has 0 spiro atoms. The third-order valence-corrected chi connectivity index (χ3v) is 9.42. The number of rotatable bonds is 13. The van der Waals surface area contributed by atoms with Crippen LogP contribution in [0.15, 0.2) is 36.7 Å². The van der Waals surface area contributed by atoms with Crippen LogP contribution in [0.2, 0.25) is 0 Å². The number of benzene rings is 2. The van der Waals surface area contributed by atoms with E-state index in [4.69, 9.17) is 13.6 Å². The van der Waals surface area contributed by atoms with Crippen LogP contribution in [-0.4, -0.2) is 50.6 Å². The van der Waals surface area contributed by atoms with Gasteiger partial charge >= 0.3 is 13.5 Å². The van der Waals surface area contributed by atoms with Crippen LogP contribution in [-0.2, 0) is 24.0 Å². The van der Waals surface area contributed by atoms with Crippen LogP contribution in [0.3, 0.4) is 0 Å². The molecule has 4 heterocycles. The molecule has 2 aliphatic heterocycles. The number of aromatic amines is 1. The molecule has 1 amide bonds. The van der Waals surface area contributed by atoms with Crippen molar-refractivity contribution in [3.8, 4) is 17.2 Å². The van der Waals surface area contributed by atoms with Gasteiger partial charge in [0.2, 0.25) is 5.75 Å². The number of hydrogen-bond acceptors (Lipinski definition) is 9. The van der Waals surface area contributed by atoms with E-state index in [1.54, 1.807) is 6.07 Å². The predicted molar refractivity (Wildman–Crippen MR) is 165 cm³/mol. The zero-order valence-corrected chi connectivity index (χ0v) is 26.0. The van der Waals surface area contributed by atoms with Crippen LogP contribution in [0.25, 0.3) is 10.9 Å². The van der Waals surface area contributed by atoms with E-state index in [-0.39, 0.29) is 22.8 Å². The van der Waals surface area contributed by atoms with Crippen molar-refractivity contribution in [3.05, 3.63) is 69.2 Å². The van der Waals surface area contributed by atoms with Gasteiger partial charge in [0, 0.05) is 54.2 Å². The lowest BCUT2D eigenvalue weighted by molar-refractivity contribution is -0.385. The smallest absolute Gasteiger partial charge is 0.382 e. The summed E-state index contributed by atoms with van der Waals surface area (Å²) in [5.41, 5.74) is 4.10. The molecule has 2 aliphatic rings. The number of hydrogen-bond donors (Lipinski definition) is 2. The Morgan fingerprint density at radius 3 is 2.68 bits per heavy atom. The maximum atomic E-state index is 13.4. The third kappa shape index (κ3) is 5.53. The van der Waals surface area contributed by atoms with Crippen molar-refractivity contribution < 1.29 is 27.9 Å². The fourth-order valence-electron chi connectivity index (χ4n) is 5.66. The number of fused-ring (bicyclic) bond motifs is 2. The molecule has 0 aliphatic carbocycles. The van der Waals surface area contributed by atoms with Crippen molar-refractivity contribution in [1.29, 1.82) is 0 Å².